The van der Waals surface area contributed by atoms with Gasteiger partial charge in [-0.3, -0.25) is 4.98 Å². The quantitative estimate of drug-likeness (QED) is 0.270. The number of hydrogen-bond acceptors (Lipinski definition) is 3. The van der Waals surface area contributed by atoms with Crippen LogP contribution in [0.4, 0.5) is 0 Å². The van der Waals surface area contributed by atoms with Gasteiger partial charge in [-0.2, -0.15) is 0 Å². The van der Waals surface area contributed by atoms with Crippen molar-refractivity contribution in [3.05, 3.63) is 89.0 Å². The van der Waals surface area contributed by atoms with Crippen LogP contribution in [0.15, 0.2) is 83.5 Å². The Balaban J connectivity index is 1.93. The predicted octanol–water partition coefficient (Wildman–Crippen LogP) is 7.20. The number of halogens is 1. The molecule has 3 aromatic carbocycles. The molecule has 0 amide bonds. The number of benzene rings is 3. The first-order valence-electron chi connectivity index (χ1n) is 9.75. The first-order valence-corrected chi connectivity index (χ1v) is 10.5. The van der Waals surface area contributed by atoms with Crippen molar-refractivity contribution < 1.29 is 4.74 Å². The smallest absolute Gasteiger partial charge is 0.118 e. The summed E-state index contributed by atoms with van der Waals surface area (Å²) in [5, 5.41) is 2.23. The number of ether oxygens (including phenoxy) is 1. The molecule has 0 spiro atoms. The van der Waals surface area contributed by atoms with E-state index in [0.29, 0.717) is 0 Å². The van der Waals surface area contributed by atoms with Gasteiger partial charge in [0.15, 0.2) is 0 Å². The predicted molar refractivity (Wildman–Crippen MR) is 127 cm³/mol. The minimum atomic E-state index is 0.840. The summed E-state index contributed by atoms with van der Waals surface area (Å²) < 4.78 is 6.40. The van der Waals surface area contributed by atoms with Crippen molar-refractivity contribution in [2.24, 2.45) is 0 Å². The highest BCUT2D eigenvalue weighted by molar-refractivity contribution is 9.10. The number of rotatable bonds is 3. The van der Waals surface area contributed by atoms with E-state index in [1.807, 2.05) is 48.7 Å². The molecule has 0 aliphatic carbocycles. The normalized spacial score (nSPS) is 11.2. The fraction of sp³-hybridized carbons (Fsp3) is 0.0769. The van der Waals surface area contributed by atoms with Gasteiger partial charge in [-0.05, 0) is 47.9 Å². The Morgan fingerprint density at radius 2 is 1.57 bits per heavy atom. The summed E-state index contributed by atoms with van der Waals surface area (Å²) in [5.74, 6) is 0.840. The Kier molecular flexibility index (Phi) is 4.72. The molecular formula is C26H19BrN2O. The van der Waals surface area contributed by atoms with Gasteiger partial charge < -0.3 is 4.74 Å². The maximum absolute atomic E-state index is 5.37. The number of para-hydroxylation sites is 1. The van der Waals surface area contributed by atoms with Gasteiger partial charge in [0.05, 0.1) is 30.0 Å². The van der Waals surface area contributed by atoms with E-state index < -0.39 is 0 Å². The summed E-state index contributed by atoms with van der Waals surface area (Å²) in [7, 11) is 1.69. The molecule has 0 atom stereocenters. The molecule has 4 heteroatoms. The fourth-order valence-corrected chi connectivity index (χ4v) is 4.50. The van der Waals surface area contributed by atoms with Gasteiger partial charge in [0.1, 0.15) is 5.75 Å². The topological polar surface area (TPSA) is 35.0 Å². The molecule has 0 N–H and O–H groups in total. The van der Waals surface area contributed by atoms with Crippen molar-refractivity contribution >= 4 is 37.7 Å². The lowest BCUT2D eigenvalue weighted by atomic mass is 9.91. The third-order valence-electron chi connectivity index (χ3n) is 5.48. The lowest BCUT2D eigenvalue weighted by Crippen LogP contribution is -1.98. The summed E-state index contributed by atoms with van der Waals surface area (Å²) in [6.45, 7) is 2.15. The fourth-order valence-electron chi connectivity index (χ4n) is 4.02. The molecule has 0 radical (unpaired) electrons. The summed E-state index contributed by atoms with van der Waals surface area (Å²) in [5.41, 5.74) is 7.32. The first kappa shape index (κ1) is 18.8. The Morgan fingerprint density at radius 3 is 2.33 bits per heavy atom. The molecule has 2 aromatic heterocycles. The van der Waals surface area contributed by atoms with Crippen LogP contribution in [0.1, 0.15) is 5.56 Å². The van der Waals surface area contributed by atoms with E-state index in [-0.39, 0.29) is 0 Å². The summed E-state index contributed by atoms with van der Waals surface area (Å²) in [6.07, 6.45) is 1.88. The second kappa shape index (κ2) is 7.54. The van der Waals surface area contributed by atoms with Gasteiger partial charge in [-0.15, -0.1) is 0 Å². The number of hydrogen-bond donors (Lipinski definition) is 0. The van der Waals surface area contributed by atoms with Crippen LogP contribution >= 0.6 is 15.9 Å². The average molecular weight is 455 g/mol. The lowest BCUT2D eigenvalue weighted by molar-refractivity contribution is 0.415. The standard InChI is InChI=1S/C26H19BrN2O/c1-16-24(17-11-13-18(30-2)14-12-17)25-20-8-4-6-10-22(20)28-15-23(25)29-26(16)19-7-3-5-9-21(19)27/h3-15H,1-2H3. The number of pyridine rings is 2. The van der Waals surface area contributed by atoms with Crippen LogP contribution in [-0.2, 0) is 0 Å². The van der Waals surface area contributed by atoms with E-state index in [1.54, 1.807) is 7.11 Å². The molecule has 0 bridgehead atoms. The molecule has 0 unspecified atom stereocenters. The molecule has 30 heavy (non-hydrogen) atoms. The van der Waals surface area contributed by atoms with Gasteiger partial charge in [-0.1, -0.05) is 64.5 Å². The molecule has 5 rings (SSSR count). The van der Waals surface area contributed by atoms with Crippen molar-refractivity contribution in [3.8, 4) is 28.1 Å². The second-order valence-electron chi connectivity index (χ2n) is 7.20. The van der Waals surface area contributed by atoms with E-state index in [4.69, 9.17) is 9.72 Å². The molecular weight excluding hydrogens is 436 g/mol. The molecule has 0 saturated heterocycles. The van der Waals surface area contributed by atoms with Gasteiger partial charge in [0.2, 0.25) is 0 Å². The number of aromatic nitrogens is 2. The number of methoxy groups -OCH3 is 1. The van der Waals surface area contributed by atoms with Gasteiger partial charge in [-0.25, -0.2) is 4.98 Å². The van der Waals surface area contributed by atoms with Gasteiger partial charge in [0.25, 0.3) is 0 Å². The Bertz CT molecular complexity index is 1390. The van der Waals surface area contributed by atoms with Crippen LogP contribution < -0.4 is 4.74 Å². The van der Waals surface area contributed by atoms with Gasteiger partial charge in [0, 0.05) is 20.8 Å². The van der Waals surface area contributed by atoms with E-state index in [9.17, 15) is 0 Å². The largest absolute Gasteiger partial charge is 0.497 e. The van der Waals surface area contributed by atoms with E-state index in [0.717, 1.165) is 54.4 Å². The minimum absolute atomic E-state index is 0.840. The Hall–Kier alpha value is -3.24. The highest BCUT2D eigenvalue weighted by Gasteiger charge is 2.18. The molecule has 0 aliphatic heterocycles. The zero-order valence-electron chi connectivity index (χ0n) is 16.7. The average Bonchev–Trinajstić information content (AvgIpc) is 2.79. The van der Waals surface area contributed by atoms with Crippen molar-refractivity contribution in [3.63, 3.8) is 0 Å². The summed E-state index contributed by atoms with van der Waals surface area (Å²) in [4.78, 5) is 9.72. The molecule has 0 aliphatic rings. The summed E-state index contributed by atoms with van der Waals surface area (Å²) in [6, 6.07) is 24.7. The van der Waals surface area contributed by atoms with Crippen LogP contribution in [0.25, 0.3) is 44.2 Å². The van der Waals surface area contributed by atoms with Crippen molar-refractivity contribution in [1.82, 2.24) is 9.97 Å². The Labute approximate surface area is 183 Å². The molecule has 5 aromatic rings. The van der Waals surface area contributed by atoms with Crippen LogP contribution in [-0.4, -0.2) is 17.1 Å². The zero-order chi connectivity index (χ0) is 20.7. The second-order valence-corrected chi connectivity index (χ2v) is 8.06. The maximum atomic E-state index is 5.37. The SMILES string of the molecule is COc1ccc(-c2c(C)c(-c3ccccc3Br)nc3cnc4ccccc4c23)cc1. The third kappa shape index (κ3) is 3.04. The van der Waals surface area contributed by atoms with Gasteiger partial charge >= 0.3 is 0 Å². The van der Waals surface area contributed by atoms with Crippen molar-refractivity contribution in [2.75, 3.05) is 7.11 Å². The van der Waals surface area contributed by atoms with E-state index >= 15 is 0 Å². The van der Waals surface area contributed by atoms with Crippen LogP contribution in [0.3, 0.4) is 0 Å². The Morgan fingerprint density at radius 1 is 0.833 bits per heavy atom. The third-order valence-corrected chi connectivity index (χ3v) is 6.17. The lowest BCUT2D eigenvalue weighted by Gasteiger charge is -2.17. The molecule has 146 valence electrons. The highest BCUT2D eigenvalue weighted by Crippen LogP contribution is 2.41. The maximum Gasteiger partial charge on any atom is 0.118 e. The zero-order valence-corrected chi connectivity index (χ0v) is 18.3. The monoisotopic (exact) mass is 454 g/mol. The van der Waals surface area contributed by atoms with Crippen LogP contribution in [0, 0.1) is 6.92 Å². The summed E-state index contributed by atoms with van der Waals surface area (Å²) >= 11 is 3.70. The molecule has 3 nitrogen and oxygen atoms in total. The molecule has 0 saturated carbocycles. The van der Waals surface area contributed by atoms with E-state index in [1.165, 1.54) is 5.56 Å². The highest BCUT2D eigenvalue weighted by atomic mass is 79.9. The molecule has 0 fully saturated rings. The molecule has 2 heterocycles. The van der Waals surface area contributed by atoms with Crippen molar-refractivity contribution in [2.45, 2.75) is 6.92 Å². The number of nitrogens with zero attached hydrogens (tertiary/aromatic N) is 2. The first-order chi connectivity index (χ1) is 14.7. The van der Waals surface area contributed by atoms with Crippen LogP contribution in [0.2, 0.25) is 0 Å². The van der Waals surface area contributed by atoms with Crippen molar-refractivity contribution in [1.29, 1.82) is 0 Å². The number of fused-ring (bicyclic) bond motifs is 3. The van der Waals surface area contributed by atoms with E-state index in [2.05, 4.69) is 58.2 Å². The minimum Gasteiger partial charge on any atom is -0.497 e. The van der Waals surface area contributed by atoms with Crippen LogP contribution in [0.5, 0.6) is 5.75 Å².